The molecule has 5 rings (SSSR count). The zero-order valence-electron chi connectivity index (χ0n) is 21.2. The number of ether oxygens (including phenoxy) is 1. The van der Waals surface area contributed by atoms with Gasteiger partial charge in [-0.2, -0.15) is 0 Å². The van der Waals surface area contributed by atoms with Crippen molar-refractivity contribution in [3.63, 3.8) is 0 Å². The molecular formula is C31H30N2O5. The van der Waals surface area contributed by atoms with Crippen molar-refractivity contribution in [3.05, 3.63) is 102 Å². The van der Waals surface area contributed by atoms with Crippen LogP contribution in [0.25, 0.3) is 0 Å². The monoisotopic (exact) mass is 510 g/mol. The van der Waals surface area contributed by atoms with E-state index in [-0.39, 0.29) is 41.2 Å². The Morgan fingerprint density at radius 3 is 2.18 bits per heavy atom. The van der Waals surface area contributed by atoms with E-state index in [0.717, 1.165) is 12.0 Å². The topological polar surface area (TPSA) is 92.8 Å². The number of amides is 3. The van der Waals surface area contributed by atoms with Crippen molar-refractivity contribution in [2.45, 2.75) is 38.1 Å². The molecule has 0 aromatic heterocycles. The molecular weight excluding hydrogens is 480 g/mol. The predicted molar refractivity (Wildman–Crippen MR) is 142 cm³/mol. The fourth-order valence-electron chi connectivity index (χ4n) is 5.53. The minimum Gasteiger partial charge on any atom is -0.452 e. The van der Waals surface area contributed by atoms with Gasteiger partial charge in [0.2, 0.25) is 11.8 Å². The minimum absolute atomic E-state index is 0.175. The van der Waals surface area contributed by atoms with Crippen LogP contribution in [0.2, 0.25) is 0 Å². The summed E-state index contributed by atoms with van der Waals surface area (Å²) in [6.45, 7) is 1.44. The molecule has 3 aromatic rings. The number of nitrogens with one attached hydrogen (secondary N) is 1. The largest absolute Gasteiger partial charge is 0.452 e. The zero-order valence-corrected chi connectivity index (χ0v) is 21.2. The second-order valence-corrected chi connectivity index (χ2v) is 9.97. The first kappa shape index (κ1) is 25.4. The van der Waals surface area contributed by atoms with Gasteiger partial charge in [-0.1, -0.05) is 60.7 Å². The van der Waals surface area contributed by atoms with E-state index >= 15 is 0 Å². The van der Waals surface area contributed by atoms with E-state index in [4.69, 9.17) is 4.74 Å². The smallest absolute Gasteiger partial charge is 0.338 e. The Morgan fingerprint density at radius 2 is 1.50 bits per heavy atom. The van der Waals surface area contributed by atoms with Crippen LogP contribution in [0.15, 0.2) is 84.9 Å². The van der Waals surface area contributed by atoms with Crippen LogP contribution in [-0.2, 0) is 19.1 Å². The molecule has 1 aliphatic carbocycles. The Morgan fingerprint density at radius 1 is 0.868 bits per heavy atom. The highest BCUT2D eigenvalue weighted by Crippen LogP contribution is 2.45. The third-order valence-corrected chi connectivity index (χ3v) is 7.57. The summed E-state index contributed by atoms with van der Waals surface area (Å²) in [6.07, 6.45) is 2.21. The van der Waals surface area contributed by atoms with Crippen molar-refractivity contribution in [1.29, 1.82) is 0 Å². The summed E-state index contributed by atoms with van der Waals surface area (Å²) in [4.78, 5) is 52.4. The molecule has 0 bridgehead atoms. The molecule has 3 amide bonds. The highest BCUT2D eigenvalue weighted by Gasteiger charge is 2.50. The molecule has 2 fully saturated rings. The van der Waals surface area contributed by atoms with E-state index in [1.54, 1.807) is 12.1 Å². The molecule has 1 heterocycles. The number of carbonyl (C=O) groups excluding carboxylic acids is 4. The molecule has 38 heavy (non-hydrogen) atoms. The number of fused-ring (bicyclic) bond motifs is 1. The van der Waals surface area contributed by atoms with Crippen LogP contribution in [-0.4, -0.2) is 30.3 Å². The van der Waals surface area contributed by atoms with E-state index in [2.05, 4.69) is 17.4 Å². The highest BCUT2D eigenvalue weighted by atomic mass is 16.5. The van der Waals surface area contributed by atoms with Gasteiger partial charge in [0.25, 0.3) is 5.91 Å². The SMILES string of the molecule is C[C@H](NC(=O)COC(=O)c1ccc(N2C(=O)[C@H]3C[C@H](c4ccccc4)CC[C@H]3C2=O)cc1)c1ccccc1. The van der Waals surface area contributed by atoms with Crippen molar-refractivity contribution in [3.8, 4) is 0 Å². The summed E-state index contributed by atoms with van der Waals surface area (Å²) >= 11 is 0. The molecule has 2 aliphatic rings. The first-order valence-corrected chi connectivity index (χ1v) is 13.0. The molecule has 3 aromatic carbocycles. The predicted octanol–water partition coefficient (Wildman–Crippen LogP) is 4.79. The van der Waals surface area contributed by atoms with Gasteiger partial charge in [0.1, 0.15) is 0 Å². The average Bonchev–Trinajstić information content (AvgIpc) is 3.21. The quantitative estimate of drug-likeness (QED) is 0.364. The number of imide groups is 1. The normalized spacial score (nSPS) is 21.5. The van der Waals surface area contributed by atoms with Crippen LogP contribution in [0.3, 0.4) is 0 Å². The van der Waals surface area contributed by atoms with Gasteiger partial charge in [-0.3, -0.25) is 19.3 Å². The molecule has 1 saturated heterocycles. The van der Waals surface area contributed by atoms with Gasteiger partial charge in [-0.25, -0.2) is 4.79 Å². The second kappa shape index (κ2) is 11.0. The van der Waals surface area contributed by atoms with Gasteiger partial charge in [0, 0.05) is 0 Å². The van der Waals surface area contributed by atoms with Crippen molar-refractivity contribution < 1.29 is 23.9 Å². The first-order valence-electron chi connectivity index (χ1n) is 13.0. The van der Waals surface area contributed by atoms with Gasteiger partial charge >= 0.3 is 5.97 Å². The van der Waals surface area contributed by atoms with Gasteiger partial charge in [0.15, 0.2) is 6.61 Å². The van der Waals surface area contributed by atoms with Crippen LogP contribution < -0.4 is 10.2 Å². The molecule has 0 unspecified atom stereocenters. The molecule has 1 aliphatic heterocycles. The maximum atomic E-state index is 13.3. The van der Waals surface area contributed by atoms with Gasteiger partial charge in [0.05, 0.1) is 29.1 Å². The van der Waals surface area contributed by atoms with Crippen molar-refractivity contribution in [2.24, 2.45) is 11.8 Å². The van der Waals surface area contributed by atoms with Crippen molar-refractivity contribution in [2.75, 3.05) is 11.5 Å². The van der Waals surface area contributed by atoms with E-state index < -0.39 is 18.5 Å². The Labute approximate surface area is 221 Å². The lowest BCUT2D eigenvalue weighted by Gasteiger charge is -2.28. The standard InChI is InChI=1S/C31H30N2O5/c1-20(21-8-4-2-5-9-21)32-28(34)19-38-31(37)23-12-15-25(16-13-23)33-29(35)26-17-14-24(18-27(26)30(33)36)22-10-6-3-7-11-22/h2-13,15-16,20,24,26-27H,14,17-19H2,1H3,(H,32,34)/t20-,24+,26+,27-/m0/s1. The molecule has 7 heteroatoms. The second-order valence-electron chi connectivity index (χ2n) is 9.97. The summed E-state index contributed by atoms with van der Waals surface area (Å²) in [5.41, 5.74) is 2.83. The number of hydrogen-bond donors (Lipinski definition) is 1. The van der Waals surface area contributed by atoms with Crippen LogP contribution in [0.1, 0.15) is 59.6 Å². The molecule has 0 radical (unpaired) electrons. The summed E-state index contributed by atoms with van der Waals surface area (Å²) in [5.74, 6) is -1.79. The van der Waals surface area contributed by atoms with Crippen LogP contribution >= 0.6 is 0 Å². The maximum Gasteiger partial charge on any atom is 0.338 e. The Hall–Kier alpha value is -4.26. The Kier molecular flexibility index (Phi) is 7.36. The number of anilines is 1. The number of benzene rings is 3. The average molecular weight is 511 g/mol. The lowest BCUT2D eigenvalue weighted by molar-refractivity contribution is -0.125. The summed E-state index contributed by atoms with van der Waals surface area (Å²) in [5, 5.41) is 2.80. The number of nitrogens with zero attached hydrogens (tertiary/aromatic N) is 1. The number of rotatable bonds is 7. The fraction of sp³-hybridized carbons (Fsp3) is 0.290. The molecule has 4 atom stereocenters. The van der Waals surface area contributed by atoms with Gasteiger partial charge in [-0.15, -0.1) is 0 Å². The fourth-order valence-corrected chi connectivity index (χ4v) is 5.53. The lowest BCUT2D eigenvalue weighted by atomic mass is 9.73. The van der Waals surface area contributed by atoms with Crippen molar-refractivity contribution in [1.82, 2.24) is 5.32 Å². The lowest BCUT2D eigenvalue weighted by Crippen LogP contribution is -2.31. The summed E-state index contributed by atoms with van der Waals surface area (Å²) < 4.78 is 5.17. The number of carbonyl (C=O) groups is 4. The van der Waals surface area contributed by atoms with Crippen LogP contribution in [0, 0.1) is 11.8 Å². The molecule has 194 valence electrons. The number of hydrogen-bond acceptors (Lipinski definition) is 5. The van der Waals surface area contributed by atoms with E-state index in [1.165, 1.54) is 22.6 Å². The van der Waals surface area contributed by atoms with Crippen LogP contribution in [0.5, 0.6) is 0 Å². The minimum atomic E-state index is -0.655. The van der Waals surface area contributed by atoms with Crippen molar-refractivity contribution >= 4 is 29.4 Å². The highest BCUT2D eigenvalue weighted by molar-refractivity contribution is 6.22. The van der Waals surface area contributed by atoms with E-state index in [9.17, 15) is 19.2 Å². The Bertz CT molecular complexity index is 1320. The maximum absolute atomic E-state index is 13.3. The van der Waals surface area contributed by atoms with Gasteiger partial charge < -0.3 is 10.1 Å². The van der Waals surface area contributed by atoms with Gasteiger partial charge in [-0.05, 0) is 67.5 Å². The first-order chi connectivity index (χ1) is 18.4. The third-order valence-electron chi connectivity index (χ3n) is 7.57. The zero-order chi connectivity index (χ0) is 26.6. The van der Waals surface area contributed by atoms with Crippen LogP contribution in [0.4, 0.5) is 5.69 Å². The summed E-state index contributed by atoms with van der Waals surface area (Å²) in [7, 11) is 0. The third kappa shape index (κ3) is 5.23. The Balaban J connectivity index is 1.18. The molecule has 1 N–H and O–H groups in total. The molecule has 0 spiro atoms. The molecule has 1 saturated carbocycles. The molecule has 7 nitrogen and oxygen atoms in total. The van der Waals surface area contributed by atoms with E-state index in [0.29, 0.717) is 18.5 Å². The number of esters is 1. The summed E-state index contributed by atoms with van der Waals surface area (Å²) in [6, 6.07) is 25.6. The van der Waals surface area contributed by atoms with E-state index in [1.807, 2.05) is 55.5 Å².